The second-order valence-electron chi connectivity index (χ2n) is 7.50. The zero-order chi connectivity index (χ0) is 14.1. The van der Waals surface area contributed by atoms with Crippen molar-refractivity contribution in [2.24, 2.45) is 23.8 Å². The zero-order valence-corrected chi connectivity index (χ0v) is 12.8. The predicted molar refractivity (Wildman–Crippen MR) is 77.8 cm³/mol. The Balaban J connectivity index is 2.02. The van der Waals surface area contributed by atoms with Crippen LogP contribution in [0.2, 0.25) is 0 Å². The topological polar surface area (TPSA) is 38.0 Å². The fourth-order valence-electron chi connectivity index (χ4n) is 3.48. The van der Waals surface area contributed by atoms with E-state index in [-0.39, 0.29) is 5.41 Å². The maximum absolute atomic E-state index is 9.87. The first-order valence-corrected chi connectivity index (χ1v) is 7.43. The average molecular weight is 264 g/mol. The predicted octanol–water partition coefficient (Wildman–Crippen LogP) is 3.18. The van der Waals surface area contributed by atoms with Crippen LogP contribution in [0.5, 0.6) is 0 Å². The fourth-order valence-corrected chi connectivity index (χ4v) is 3.48. The van der Waals surface area contributed by atoms with E-state index in [9.17, 15) is 5.11 Å². The Kier molecular flexibility index (Phi) is 4.05. The highest BCUT2D eigenvalue weighted by molar-refractivity contribution is 5.08. The Morgan fingerprint density at radius 1 is 1.37 bits per heavy atom. The smallest absolute Gasteiger partial charge is 0.0521 e. The highest BCUT2D eigenvalue weighted by atomic mass is 16.3. The molecule has 1 fully saturated rings. The maximum atomic E-state index is 9.87. The van der Waals surface area contributed by atoms with Crippen LogP contribution in [0.4, 0.5) is 0 Å². The van der Waals surface area contributed by atoms with Gasteiger partial charge in [0.2, 0.25) is 0 Å². The van der Waals surface area contributed by atoms with Crippen molar-refractivity contribution in [3.63, 3.8) is 0 Å². The minimum atomic E-state index is 0.0881. The molecule has 0 bridgehead atoms. The third kappa shape index (κ3) is 3.38. The summed E-state index contributed by atoms with van der Waals surface area (Å²) in [6.45, 7) is 7.32. The van der Waals surface area contributed by atoms with Crippen LogP contribution in [0.25, 0.3) is 0 Å². The maximum Gasteiger partial charge on any atom is 0.0521 e. The van der Waals surface area contributed by atoms with Crippen molar-refractivity contribution >= 4 is 0 Å². The molecule has 0 amide bonds. The van der Waals surface area contributed by atoms with E-state index in [0.29, 0.717) is 12.0 Å². The molecule has 1 saturated carbocycles. The Hall–Kier alpha value is -0.830. The van der Waals surface area contributed by atoms with Gasteiger partial charge < -0.3 is 5.11 Å². The molecular weight excluding hydrogens is 236 g/mol. The molecule has 0 unspecified atom stereocenters. The molecule has 3 heteroatoms. The minimum absolute atomic E-state index is 0.0881. The first-order valence-electron chi connectivity index (χ1n) is 7.43. The van der Waals surface area contributed by atoms with Gasteiger partial charge in [0.25, 0.3) is 0 Å². The lowest BCUT2D eigenvalue weighted by Gasteiger charge is -2.43. The molecule has 0 atom stereocenters. The lowest BCUT2D eigenvalue weighted by atomic mass is 9.63. The van der Waals surface area contributed by atoms with E-state index in [0.717, 1.165) is 25.2 Å². The summed E-state index contributed by atoms with van der Waals surface area (Å²) < 4.78 is 1.85. The van der Waals surface area contributed by atoms with Crippen molar-refractivity contribution in [2.75, 3.05) is 6.61 Å². The van der Waals surface area contributed by atoms with Crippen molar-refractivity contribution in [1.29, 1.82) is 0 Å². The molecule has 3 nitrogen and oxygen atoms in total. The Bertz CT molecular complexity index is 409. The molecule has 1 heterocycles. The quantitative estimate of drug-likeness (QED) is 0.910. The molecule has 0 spiro atoms. The summed E-state index contributed by atoms with van der Waals surface area (Å²) in [5, 5.41) is 14.1. The molecule has 108 valence electrons. The molecule has 1 aliphatic carbocycles. The van der Waals surface area contributed by atoms with Crippen molar-refractivity contribution in [3.05, 3.63) is 18.0 Å². The Morgan fingerprint density at radius 3 is 2.42 bits per heavy atom. The van der Waals surface area contributed by atoms with Crippen molar-refractivity contribution < 1.29 is 5.11 Å². The van der Waals surface area contributed by atoms with Gasteiger partial charge in [0.1, 0.15) is 0 Å². The summed E-state index contributed by atoms with van der Waals surface area (Å²) in [6.07, 6.45) is 9.74. The number of aliphatic hydroxyl groups is 1. The van der Waals surface area contributed by atoms with E-state index < -0.39 is 0 Å². The van der Waals surface area contributed by atoms with Crippen LogP contribution in [0.3, 0.4) is 0 Å². The van der Waals surface area contributed by atoms with E-state index in [1.165, 1.54) is 18.4 Å². The molecule has 0 radical (unpaired) electrons. The van der Waals surface area contributed by atoms with Gasteiger partial charge in [0, 0.05) is 19.9 Å². The fraction of sp³-hybridized carbons (Fsp3) is 0.812. The van der Waals surface area contributed by atoms with Gasteiger partial charge in [0.05, 0.1) is 6.20 Å². The third-order valence-corrected chi connectivity index (χ3v) is 4.94. The van der Waals surface area contributed by atoms with Gasteiger partial charge >= 0.3 is 0 Å². The molecule has 1 N–H and O–H groups in total. The van der Waals surface area contributed by atoms with E-state index in [4.69, 9.17) is 0 Å². The van der Waals surface area contributed by atoms with Crippen LogP contribution in [0.15, 0.2) is 12.4 Å². The largest absolute Gasteiger partial charge is 0.396 e. The molecule has 19 heavy (non-hydrogen) atoms. The van der Waals surface area contributed by atoms with E-state index >= 15 is 0 Å². The first kappa shape index (κ1) is 14.6. The lowest BCUT2D eigenvalue weighted by molar-refractivity contribution is 0.0369. The number of hydrogen-bond donors (Lipinski definition) is 1. The van der Waals surface area contributed by atoms with Gasteiger partial charge in [-0.05, 0) is 54.4 Å². The number of aliphatic hydroxyl groups excluding tert-OH is 1. The van der Waals surface area contributed by atoms with Crippen LogP contribution in [0.1, 0.15) is 52.0 Å². The summed E-state index contributed by atoms with van der Waals surface area (Å²) in [5.74, 6) is 0.793. The van der Waals surface area contributed by atoms with Gasteiger partial charge in [-0.25, -0.2) is 0 Å². The van der Waals surface area contributed by atoms with Gasteiger partial charge in [-0.15, -0.1) is 0 Å². The second-order valence-corrected chi connectivity index (χ2v) is 7.50. The molecule has 1 aromatic rings. The van der Waals surface area contributed by atoms with E-state index in [2.05, 4.69) is 32.1 Å². The molecular formula is C16H28N2O. The zero-order valence-electron chi connectivity index (χ0n) is 12.8. The van der Waals surface area contributed by atoms with Gasteiger partial charge in [-0.2, -0.15) is 5.10 Å². The number of aromatic nitrogens is 2. The summed E-state index contributed by atoms with van der Waals surface area (Å²) in [6, 6.07) is 0. The number of aryl methyl sites for hydroxylation is 1. The van der Waals surface area contributed by atoms with Crippen molar-refractivity contribution in [2.45, 2.75) is 52.9 Å². The monoisotopic (exact) mass is 264 g/mol. The van der Waals surface area contributed by atoms with Crippen LogP contribution in [-0.2, 0) is 13.5 Å². The second kappa shape index (κ2) is 5.28. The molecule has 1 aromatic heterocycles. The van der Waals surface area contributed by atoms with Crippen molar-refractivity contribution in [1.82, 2.24) is 9.78 Å². The highest BCUT2D eigenvalue weighted by Gasteiger charge is 2.38. The first-order chi connectivity index (χ1) is 8.85. The third-order valence-electron chi connectivity index (χ3n) is 4.94. The number of hydrogen-bond acceptors (Lipinski definition) is 2. The minimum Gasteiger partial charge on any atom is -0.396 e. The normalized spacial score (nSPS) is 28.6. The molecule has 0 aliphatic heterocycles. The summed E-state index contributed by atoms with van der Waals surface area (Å²) in [7, 11) is 1.95. The molecule has 1 aliphatic rings. The standard InChI is InChI=1S/C16H28N2O/c1-15(2,3)14-5-7-16(12-19,8-6-14)9-13-10-17-18(4)11-13/h10-11,14,19H,5-9,12H2,1-4H3. The lowest BCUT2D eigenvalue weighted by Crippen LogP contribution is -2.36. The summed E-state index contributed by atoms with van der Waals surface area (Å²) in [4.78, 5) is 0. The number of rotatable bonds is 3. The highest BCUT2D eigenvalue weighted by Crippen LogP contribution is 2.46. The van der Waals surface area contributed by atoms with Crippen LogP contribution in [0, 0.1) is 16.7 Å². The summed E-state index contributed by atoms with van der Waals surface area (Å²) in [5.41, 5.74) is 1.74. The van der Waals surface area contributed by atoms with Gasteiger partial charge in [0.15, 0.2) is 0 Å². The van der Waals surface area contributed by atoms with Gasteiger partial charge in [-0.1, -0.05) is 20.8 Å². The van der Waals surface area contributed by atoms with Crippen LogP contribution < -0.4 is 0 Å². The SMILES string of the molecule is Cn1cc(CC2(CO)CCC(C(C)(C)C)CC2)cn1. The van der Waals surface area contributed by atoms with Gasteiger partial charge in [-0.3, -0.25) is 4.68 Å². The molecule has 0 saturated heterocycles. The van der Waals surface area contributed by atoms with Crippen LogP contribution >= 0.6 is 0 Å². The Labute approximate surface area is 117 Å². The summed E-state index contributed by atoms with van der Waals surface area (Å²) >= 11 is 0. The van der Waals surface area contributed by atoms with E-state index in [1.807, 2.05) is 17.9 Å². The van der Waals surface area contributed by atoms with E-state index in [1.54, 1.807) is 0 Å². The number of nitrogens with zero attached hydrogens (tertiary/aromatic N) is 2. The van der Waals surface area contributed by atoms with Crippen LogP contribution in [-0.4, -0.2) is 21.5 Å². The Morgan fingerprint density at radius 2 is 2.00 bits per heavy atom. The average Bonchev–Trinajstić information content (AvgIpc) is 2.74. The molecule has 0 aromatic carbocycles. The van der Waals surface area contributed by atoms with Crippen molar-refractivity contribution in [3.8, 4) is 0 Å². The molecule has 2 rings (SSSR count).